The van der Waals surface area contributed by atoms with Crippen molar-refractivity contribution in [2.45, 2.75) is 19.3 Å². The Hall–Kier alpha value is -1.95. The molecule has 0 spiro atoms. The summed E-state index contributed by atoms with van der Waals surface area (Å²) in [7, 11) is 0. The first-order valence-electron chi connectivity index (χ1n) is 6.06. The maximum Gasteiger partial charge on any atom is 0.220 e. The Morgan fingerprint density at radius 3 is 3.11 bits per heavy atom. The van der Waals surface area contributed by atoms with Gasteiger partial charge in [-0.1, -0.05) is 6.07 Å². The second-order valence-electron chi connectivity index (χ2n) is 4.04. The maximum absolute atomic E-state index is 11.4. The van der Waals surface area contributed by atoms with Gasteiger partial charge in [0.15, 0.2) is 5.65 Å². The zero-order chi connectivity index (χ0) is 12.8. The summed E-state index contributed by atoms with van der Waals surface area (Å²) in [5.41, 5.74) is 6.16. The van der Waals surface area contributed by atoms with Gasteiger partial charge in [-0.25, -0.2) is 0 Å². The maximum atomic E-state index is 11.4. The van der Waals surface area contributed by atoms with Crippen LogP contribution in [0.1, 0.15) is 18.7 Å². The van der Waals surface area contributed by atoms with Crippen LogP contribution < -0.4 is 11.1 Å². The second-order valence-corrected chi connectivity index (χ2v) is 4.04. The van der Waals surface area contributed by atoms with Crippen LogP contribution in [0.2, 0.25) is 0 Å². The molecule has 0 fully saturated rings. The molecular weight excluding hydrogens is 230 g/mol. The Bertz CT molecular complexity index is 522. The fourth-order valence-electron chi connectivity index (χ4n) is 1.73. The molecule has 6 nitrogen and oxygen atoms in total. The third-order valence-corrected chi connectivity index (χ3v) is 2.66. The number of nitrogens with zero attached hydrogens (tertiary/aromatic N) is 3. The van der Waals surface area contributed by atoms with Crippen LogP contribution in [0.25, 0.3) is 5.65 Å². The fourth-order valence-corrected chi connectivity index (χ4v) is 1.73. The third-order valence-electron chi connectivity index (χ3n) is 2.66. The van der Waals surface area contributed by atoms with E-state index in [0.29, 0.717) is 25.9 Å². The van der Waals surface area contributed by atoms with Gasteiger partial charge < -0.3 is 11.1 Å². The highest BCUT2D eigenvalue weighted by Gasteiger charge is 2.05. The topological polar surface area (TPSA) is 85.3 Å². The van der Waals surface area contributed by atoms with E-state index in [-0.39, 0.29) is 5.91 Å². The molecule has 2 heterocycles. The average Bonchev–Trinajstić information content (AvgIpc) is 2.80. The molecule has 0 saturated heterocycles. The van der Waals surface area contributed by atoms with Gasteiger partial charge in [0.05, 0.1) is 0 Å². The van der Waals surface area contributed by atoms with Crippen LogP contribution in [0.4, 0.5) is 0 Å². The van der Waals surface area contributed by atoms with Crippen LogP contribution in [0.5, 0.6) is 0 Å². The number of nitrogens with one attached hydrogen (secondary N) is 1. The zero-order valence-electron chi connectivity index (χ0n) is 10.2. The van der Waals surface area contributed by atoms with Crippen LogP contribution in [-0.2, 0) is 11.2 Å². The van der Waals surface area contributed by atoms with Gasteiger partial charge in [0.2, 0.25) is 5.91 Å². The van der Waals surface area contributed by atoms with Crippen molar-refractivity contribution >= 4 is 11.6 Å². The van der Waals surface area contributed by atoms with Crippen LogP contribution in [0, 0.1) is 0 Å². The van der Waals surface area contributed by atoms with Crippen LogP contribution in [-0.4, -0.2) is 33.6 Å². The Balaban J connectivity index is 1.85. The van der Waals surface area contributed by atoms with Gasteiger partial charge in [0.1, 0.15) is 5.82 Å². The summed E-state index contributed by atoms with van der Waals surface area (Å²) in [6, 6.07) is 5.75. The molecular formula is C12H17N5O. The SMILES string of the molecule is NCCCC(=O)NCCc1nnc2ccccn12. The van der Waals surface area contributed by atoms with Crippen molar-refractivity contribution in [1.29, 1.82) is 0 Å². The summed E-state index contributed by atoms with van der Waals surface area (Å²) in [5.74, 6) is 0.888. The lowest BCUT2D eigenvalue weighted by Gasteiger charge is -2.03. The third kappa shape index (κ3) is 3.04. The summed E-state index contributed by atoms with van der Waals surface area (Å²) in [6.07, 6.45) is 3.79. The lowest BCUT2D eigenvalue weighted by Crippen LogP contribution is -2.26. The molecule has 0 saturated carbocycles. The molecule has 0 bridgehead atoms. The number of fused-ring (bicyclic) bond motifs is 1. The Morgan fingerprint density at radius 1 is 1.39 bits per heavy atom. The van der Waals surface area contributed by atoms with Crippen molar-refractivity contribution in [3.05, 3.63) is 30.2 Å². The molecule has 1 amide bonds. The molecule has 0 aromatic carbocycles. The standard InChI is InChI=1S/C12H17N5O/c13-7-3-5-12(18)14-8-6-11-16-15-10-4-1-2-9-17(10)11/h1-2,4,9H,3,5-8,13H2,(H,14,18). The zero-order valence-corrected chi connectivity index (χ0v) is 10.2. The van der Waals surface area contributed by atoms with Gasteiger partial charge >= 0.3 is 0 Å². The molecule has 2 aromatic heterocycles. The van der Waals surface area contributed by atoms with E-state index in [1.807, 2.05) is 28.8 Å². The number of carbonyl (C=O) groups excluding carboxylic acids is 1. The van der Waals surface area contributed by atoms with Gasteiger partial charge in [0.25, 0.3) is 0 Å². The van der Waals surface area contributed by atoms with E-state index < -0.39 is 0 Å². The number of hydrogen-bond donors (Lipinski definition) is 2. The number of rotatable bonds is 6. The Labute approximate surface area is 105 Å². The number of nitrogens with two attached hydrogens (primary N) is 1. The molecule has 3 N–H and O–H groups in total. The summed E-state index contributed by atoms with van der Waals surface area (Å²) < 4.78 is 1.92. The minimum absolute atomic E-state index is 0.0364. The van der Waals surface area contributed by atoms with E-state index in [0.717, 1.165) is 17.9 Å². The molecule has 0 radical (unpaired) electrons. The van der Waals surface area contributed by atoms with E-state index in [4.69, 9.17) is 5.73 Å². The van der Waals surface area contributed by atoms with Gasteiger partial charge in [-0.2, -0.15) is 0 Å². The number of aromatic nitrogens is 3. The van der Waals surface area contributed by atoms with Gasteiger partial charge in [-0.15, -0.1) is 10.2 Å². The number of carbonyl (C=O) groups is 1. The molecule has 0 aliphatic heterocycles. The summed E-state index contributed by atoms with van der Waals surface area (Å²) in [5, 5.41) is 11.0. The molecule has 6 heteroatoms. The van der Waals surface area contributed by atoms with E-state index in [9.17, 15) is 4.79 Å². The molecule has 2 rings (SSSR count). The molecule has 0 aliphatic carbocycles. The molecule has 96 valence electrons. The lowest BCUT2D eigenvalue weighted by molar-refractivity contribution is -0.121. The van der Waals surface area contributed by atoms with E-state index in [2.05, 4.69) is 15.5 Å². The largest absolute Gasteiger partial charge is 0.356 e. The van der Waals surface area contributed by atoms with Crippen molar-refractivity contribution < 1.29 is 4.79 Å². The number of hydrogen-bond acceptors (Lipinski definition) is 4. The van der Waals surface area contributed by atoms with Gasteiger partial charge in [0, 0.05) is 25.6 Å². The summed E-state index contributed by atoms with van der Waals surface area (Å²) in [4.78, 5) is 11.4. The van der Waals surface area contributed by atoms with E-state index in [1.54, 1.807) is 0 Å². The highest BCUT2D eigenvalue weighted by atomic mass is 16.1. The van der Waals surface area contributed by atoms with Crippen LogP contribution in [0.3, 0.4) is 0 Å². The van der Waals surface area contributed by atoms with Gasteiger partial charge in [-0.3, -0.25) is 9.20 Å². The van der Waals surface area contributed by atoms with Crippen molar-refractivity contribution in [3.8, 4) is 0 Å². The van der Waals surface area contributed by atoms with Crippen LogP contribution >= 0.6 is 0 Å². The first-order valence-corrected chi connectivity index (χ1v) is 6.06. The smallest absolute Gasteiger partial charge is 0.220 e. The first kappa shape index (κ1) is 12.5. The minimum atomic E-state index is 0.0364. The molecule has 0 aliphatic rings. The van der Waals surface area contributed by atoms with E-state index in [1.165, 1.54) is 0 Å². The van der Waals surface area contributed by atoms with Crippen LogP contribution in [0.15, 0.2) is 24.4 Å². The van der Waals surface area contributed by atoms with Crippen molar-refractivity contribution in [3.63, 3.8) is 0 Å². The van der Waals surface area contributed by atoms with Crippen molar-refractivity contribution in [2.24, 2.45) is 5.73 Å². The Kier molecular flexibility index (Phi) is 4.25. The highest BCUT2D eigenvalue weighted by molar-refractivity contribution is 5.75. The summed E-state index contributed by atoms with van der Waals surface area (Å²) >= 11 is 0. The van der Waals surface area contributed by atoms with Gasteiger partial charge in [-0.05, 0) is 25.1 Å². The van der Waals surface area contributed by atoms with E-state index >= 15 is 0 Å². The first-order chi connectivity index (χ1) is 8.81. The molecule has 2 aromatic rings. The second kappa shape index (κ2) is 6.11. The predicted octanol–water partition coefficient (Wildman–Crippen LogP) is 0.127. The predicted molar refractivity (Wildman–Crippen MR) is 68.0 cm³/mol. The average molecular weight is 247 g/mol. The lowest BCUT2D eigenvalue weighted by atomic mass is 10.3. The quantitative estimate of drug-likeness (QED) is 0.759. The molecule has 18 heavy (non-hydrogen) atoms. The Morgan fingerprint density at radius 2 is 2.28 bits per heavy atom. The number of pyridine rings is 1. The van der Waals surface area contributed by atoms with Crippen molar-refractivity contribution in [1.82, 2.24) is 19.9 Å². The summed E-state index contributed by atoms with van der Waals surface area (Å²) in [6.45, 7) is 1.11. The van der Waals surface area contributed by atoms with Crippen molar-refractivity contribution in [2.75, 3.05) is 13.1 Å². The normalized spacial score (nSPS) is 10.7. The highest BCUT2D eigenvalue weighted by Crippen LogP contribution is 2.02. The monoisotopic (exact) mass is 247 g/mol. The molecule has 0 unspecified atom stereocenters. The number of amides is 1. The minimum Gasteiger partial charge on any atom is -0.356 e. The fraction of sp³-hybridized carbons (Fsp3) is 0.417. The molecule has 0 atom stereocenters.